The van der Waals surface area contributed by atoms with Crippen molar-refractivity contribution in [3.8, 4) is 23.0 Å². The summed E-state index contributed by atoms with van der Waals surface area (Å²) in [5.41, 5.74) is -0.0199. The number of nitrogens with one attached hydrogen (secondary N) is 1. The second kappa shape index (κ2) is 8.06. The molecule has 0 amide bonds. The van der Waals surface area contributed by atoms with E-state index in [1.54, 1.807) is 40.6 Å². The summed E-state index contributed by atoms with van der Waals surface area (Å²) in [6, 6.07) is 10.7. The minimum absolute atomic E-state index is 0.179. The van der Waals surface area contributed by atoms with Crippen molar-refractivity contribution < 1.29 is 24.1 Å². The Labute approximate surface area is 160 Å². The molecule has 6 heteroatoms. The smallest absolute Gasteiger partial charge is 0.137 e. The molecule has 1 fully saturated rings. The standard InChI is InChI=1S/C21H27NO5/c1-24-14-7-9-16(18(12-14)26-3)21(23,20-6-5-11-22-20)17-10-8-15(25-2)13-19(17)27-4/h7-10,12-13,20,22-23H,5-6,11H2,1-4H3/t20-/m0/s1. The highest BCUT2D eigenvalue weighted by Gasteiger charge is 2.45. The highest BCUT2D eigenvalue weighted by molar-refractivity contribution is 5.54. The van der Waals surface area contributed by atoms with Gasteiger partial charge >= 0.3 is 0 Å². The Kier molecular flexibility index (Phi) is 5.77. The number of hydrogen-bond acceptors (Lipinski definition) is 6. The van der Waals surface area contributed by atoms with Crippen LogP contribution in [-0.2, 0) is 5.60 Å². The zero-order chi connectivity index (χ0) is 19.4. The molecular formula is C21H27NO5. The third-order valence-electron chi connectivity index (χ3n) is 5.20. The van der Waals surface area contributed by atoms with Crippen LogP contribution in [0.1, 0.15) is 24.0 Å². The van der Waals surface area contributed by atoms with Gasteiger partial charge in [0.25, 0.3) is 0 Å². The molecule has 0 aromatic heterocycles. The van der Waals surface area contributed by atoms with Gasteiger partial charge in [0.2, 0.25) is 0 Å². The zero-order valence-electron chi connectivity index (χ0n) is 16.2. The number of benzene rings is 2. The SMILES string of the molecule is COc1ccc(C(O)(c2ccc(OC)cc2OC)[C@@H]2CCCN2)c(OC)c1. The highest BCUT2D eigenvalue weighted by Crippen LogP contribution is 2.46. The maximum atomic E-state index is 12.1. The average molecular weight is 373 g/mol. The fourth-order valence-electron chi connectivity index (χ4n) is 3.79. The fraction of sp³-hybridized carbons (Fsp3) is 0.429. The van der Waals surface area contributed by atoms with Gasteiger partial charge in [-0.05, 0) is 43.7 Å². The van der Waals surface area contributed by atoms with Crippen molar-refractivity contribution >= 4 is 0 Å². The van der Waals surface area contributed by atoms with E-state index >= 15 is 0 Å². The summed E-state index contributed by atoms with van der Waals surface area (Å²) in [4.78, 5) is 0. The summed E-state index contributed by atoms with van der Waals surface area (Å²) in [5, 5.41) is 15.5. The topological polar surface area (TPSA) is 69.2 Å². The number of rotatable bonds is 7. The van der Waals surface area contributed by atoms with Gasteiger partial charge in [0, 0.05) is 29.3 Å². The Hall–Kier alpha value is -2.44. The Morgan fingerprint density at radius 3 is 1.74 bits per heavy atom. The van der Waals surface area contributed by atoms with Gasteiger partial charge in [-0.2, -0.15) is 0 Å². The van der Waals surface area contributed by atoms with Crippen molar-refractivity contribution in [1.29, 1.82) is 0 Å². The van der Waals surface area contributed by atoms with Crippen LogP contribution >= 0.6 is 0 Å². The molecule has 0 radical (unpaired) electrons. The van der Waals surface area contributed by atoms with Crippen molar-refractivity contribution in [1.82, 2.24) is 5.32 Å². The normalized spacial score (nSPS) is 16.9. The van der Waals surface area contributed by atoms with Crippen LogP contribution in [0.15, 0.2) is 36.4 Å². The fourth-order valence-corrected chi connectivity index (χ4v) is 3.79. The van der Waals surface area contributed by atoms with Gasteiger partial charge in [-0.1, -0.05) is 0 Å². The summed E-state index contributed by atoms with van der Waals surface area (Å²) in [6.07, 6.45) is 1.82. The molecule has 0 aliphatic carbocycles. The molecule has 1 atom stereocenters. The van der Waals surface area contributed by atoms with E-state index in [1.807, 2.05) is 24.3 Å². The van der Waals surface area contributed by atoms with Gasteiger partial charge in [0.15, 0.2) is 0 Å². The van der Waals surface area contributed by atoms with Crippen LogP contribution < -0.4 is 24.3 Å². The Morgan fingerprint density at radius 1 is 0.852 bits per heavy atom. The largest absolute Gasteiger partial charge is 0.497 e. The molecule has 0 unspecified atom stereocenters. The van der Waals surface area contributed by atoms with E-state index in [1.165, 1.54) is 0 Å². The van der Waals surface area contributed by atoms with Gasteiger partial charge in [0.05, 0.1) is 28.4 Å². The summed E-state index contributed by atoms with van der Waals surface area (Å²) < 4.78 is 21.8. The van der Waals surface area contributed by atoms with Gasteiger partial charge in [-0.15, -0.1) is 0 Å². The molecule has 2 aromatic carbocycles. The number of hydrogen-bond donors (Lipinski definition) is 2. The van der Waals surface area contributed by atoms with Gasteiger partial charge in [-0.3, -0.25) is 0 Å². The molecule has 3 rings (SSSR count). The van der Waals surface area contributed by atoms with Crippen LogP contribution in [0, 0.1) is 0 Å². The average Bonchev–Trinajstić information content (AvgIpc) is 3.27. The molecule has 146 valence electrons. The van der Waals surface area contributed by atoms with Crippen molar-refractivity contribution in [3.05, 3.63) is 47.5 Å². The predicted molar refractivity (Wildman–Crippen MR) is 103 cm³/mol. The third kappa shape index (κ3) is 3.42. The van der Waals surface area contributed by atoms with Crippen molar-refractivity contribution in [2.75, 3.05) is 35.0 Å². The molecular weight excluding hydrogens is 346 g/mol. The van der Waals surface area contributed by atoms with Crippen LogP contribution in [-0.4, -0.2) is 46.1 Å². The molecule has 0 bridgehead atoms. The first-order valence-electron chi connectivity index (χ1n) is 8.99. The lowest BCUT2D eigenvalue weighted by Gasteiger charge is -2.37. The Morgan fingerprint density at radius 2 is 1.37 bits per heavy atom. The molecule has 27 heavy (non-hydrogen) atoms. The first-order chi connectivity index (χ1) is 13.1. The molecule has 1 saturated heterocycles. The van der Waals surface area contributed by atoms with Gasteiger partial charge in [-0.25, -0.2) is 0 Å². The number of aliphatic hydroxyl groups is 1. The minimum Gasteiger partial charge on any atom is -0.497 e. The molecule has 0 saturated carbocycles. The van der Waals surface area contributed by atoms with Crippen LogP contribution in [0.4, 0.5) is 0 Å². The van der Waals surface area contributed by atoms with Crippen molar-refractivity contribution in [2.45, 2.75) is 24.5 Å². The van der Waals surface area contributed by atoms with E-state index in [-0.39, 0.29) is 6.04 Å². The molecule has 6 nitrogen and oxygen atoms in total. The maximum Gasteiger partial charge on any atom is 0.137 e. The second-order valence-electron chi connectivity index (χ2n) is 6.55. The van der Waals surface area contributed by atoms with E-state index in [2.05, 4.69) is 5.32 Å². The highest BCUT2D eigenvalue weighted by atomic mass is 16.5. The number of methoxy groups -OCH3 is 4. The lowest BCUT2D eigenvalue weighted by atomic mass is 9.78. The van der Waals surface area contributed by atoms with E-state index in [0.717, 1.165) is 19.4 Å². The van der Waals surface area contributed by atoms with Crippen molar-refractivity contribution in [2.24, 2.45) is 0 Å². The summed E-state index contributed by atoms with van der Waals surface area (Å²) in [6.45, 7) is 0.851. The monoisotopic (exact) mass is 373 g/mol. The van der Waals surface area contributed by atoms with E-state index in [0.29, 0.717) is 34.1 Å². The first kappa shape index (κ1) is 19.3. The quantitative estimate of drug-likeness (QED) is 0.778. The Bertz CT molecular complexity index is 731. The summed E-state index contributed by atoms with van der Waals surface area (Å²) in [7, 11) is 6.38. The molecule has 1 aliphatic heterocycles. The Balaban J connectivity index is 2.23. The zero-order valence-corrected chi connectivity index (χ0v) is 16.2. The van der Waals surface area contributed by atoms with Crippen LogP contribution in [0.2, 0.25) is 0 Å². The predicted octanol–water partition coefficient (Wildman–Crippen LogP) is 2.71. The molecule has 0 spiro atoms. The maximum absolute atomic E-state index is 12.1. The minimum atomic E-state index is -1.34. The summed E-state index contributed by atoms with van der Waals surface area (Å²) >= 11 is 0. The van der Waals surface area contributed by atoms with Gasteiger partial charge < -0.3 is 29.4 Å². The molecule has 2 aromatic rings. The first-order valence-corrected chi connectivity index (χ1v) is 8.99. The lowest BCUT2D eigenvalue weighted by molar-refractivity contribution is 0.0394. The van der Waals surface area contributed by atoms with E-state index in [4.69, 9.17) is 18.9 Å². The lowest BCUT2D eigenvalue weighted by Crippen LogP contribution is -2.46. The van der Waals surface area contributed by atoms with Gasteiger partial charge in [0.1, 0.15) is 28.6 Å². The van der Waals surface area contributed by atoms with E-state index in [9.17, 15) is 5.11 Å². The van der Waals surface area contributed by atoms with Crippen LogP contribution in [0.25, 0.3) is 0 Å². The van der Waals surface area contributed by atoms with Crippen LogP contribution in [0.3, 0.4) is 0 Å². The molecule has 1 heterocycles. The number of ether oxygens (including phenoxy) is 4. The summed E-state index contributed by atoms with van der Waals surface area (Å²) in [5.74, 6) is 2.45. The van der Waals surface area contributed by atoms with E-state index < -0.39 is 5.60 Å². The molecule has 1 aliphatic rings. The van der Waals surface area contributed by atoms with Crippen LogP contribution in [0.5, 0.6) is 23.0 Å². The molecule has 2 N–H and O–H groups in total. The second-order valence-corrected chi connectivity index (χ2v) is 6.55. The van der Waals surface area contributed by atoms with Crippen molar-refractivity contribution in [3.63, 3.8) is 0 Å². The third-order valence-corrected chi connectivity index (χ3v) is 5.20.